The van der Waals surface area contributed by atoms with E-state index in [9.17, 15) is 28.8 Å². The van der Waals surface area contributed by atoms with Gasteiger partial charge < -0.3 is 19.4 Å². The molecular weight excluding hydrogens is 528 g/mol. The number of carbonyl (C=O) groups is 5. The largest absolute Gasteiger partial charge is 0.455 e. The lowest BCUT2D eigenvalue weighted by atomic mass is 9.96. The number of alkyl carbamates (subject to hydrolysis) is 1. The summed E-state index contributed by atoms with van der Waals surface area (Å²) < 4.78 is 11.8. The fourth-order valence-electron chi connectivity index (χ4n) is 4.47. The molecule has 0 radical (unpaired) electrons. The Balaban J connectivity index is 3.02. The van der Waals surface area contributed by atoms with E-state index in [-0.39, 0.29) is 49.4 Å². The van der Waals surface area contributed by atoms with E-state index >= 15 is 0 Å². The highest BCUT2D eigenvalue weighted by atomic mass is 16.6. The van der Waals surface area contributed by atoms with Crippen LogP contribution in [0.3, 0.4) is 0 Å². The van der Waals surface area contributed by atoms with Crippen LogP contribution in [0.2, 0.25) is 0 Å². The average Bonchev–Trinajstić information content (AvgIpc) is 2.88. The molecule has 2 atom stereocenters. The number of hydrogen-bond donors (Lipinski definition) is 1. The topological polar surface area (TPSA) is 138 Å². The van der Waals surface area contributed by atoms with E-state index in [0.29, 0.717) is 18.8 Å². The summed E-state index contributed by atoms with van der Waals surface area (Å²) >= 11 is 0. The number of ether oxygens (including phenoxy) is 2. The van der Waals surface area contributed by atoms with Crippen LogP contribution in [0.4, 0.5) is 4.79 Å². The van der Waals surface area contributed by atoms with Gasteiger partial charge in [0.25, 0.3) is 5.56 Å². The molecule has 1 unspecified atom stereocenters. The fourth-order valence-corrected chi connectivity index (χ4v) is 4.47. The van der Waals surface area contributed by atoms with Crippen molar-refractivity contribution in [3.63, 3.8) is 0 Å². The number of pyridine rings is 1. The van der Waals surface area contributed by atoms with Crippen LogP contribution >= 0.6 is 0 Å². The molecule has 1 amide bonds. The maximum Gasteiger partial charge on any atom is 0.408 e. The van der Waals surface area contributed by atoms with Gasteiger partial charge in [0.2, 0.25) is 0 Å². The van der Waals surface area contributed by atoms with Gasteiger partial charge in [-0.25, -0.2) is 4.79 Å². The smallest absolute Gasteiger partial charge is 0.408 e. The molecule has 0 saturated heterocycles. The maximum absolute atomic E-state index is 13.3. The first-order chi connectivity index (χ1) is 19.2. The highest BCUT2D eigenvalue weighted by Crippen LogP contribution is 2.16. The lowest BCUT2D eigenvalue weighted by molar-refractivity contribution is -0.153. The van der Waals surface area contributed by atoms with Crippen molar-refractivity contribution in [3.8, 4) is 0 Å². The minimum Gasteiger partial charge on any atom is -0.455 e. The van der Waals surface area contributed by atoms with Crippen LogP contribution in [-0.4, -0.2) is 51.7 Å². The van der Waals surface area contributed by atoms with E-state index in [0.717, 1.165) is 19.3 Å². The number of amides is 1. The summed E-state index contributed by atoms with van der Waals surface area (Å²) in [6, 6.07) is 2.15. The zero-order valence-electron chi connectivity index (χ0n) is 25.7. The van der Waals surface area contributed by atoms with Gasteiger partial charge in [-0.15, -0.1) is 0 Å². The van der Waals surface area contributed by atoms with Crippen molar-refractivity contribution in [2.45, 2.75) is 131 Å². The van der Waals surface area contributed by atoms with Crippen LogP contribution in [0, 0.1) is 5.92 Å². The van der Waals surface area contributed by atoms with E-state index in [2.05, 4.69) is 19.2 Å². The molecule has 0 aliphatic heterocycles. The Kier molecular flexibility index (Phi) is 15.2. The second kappa shape index (κ2) is 17.5. The molecule has 10 heteroatoms. The van der Waals surface area contributed by atoms with Crippen LogP contribution in [0.15, 0.2) is 23.1 Å². The minimum absolute atomic E-state index is 0.0455. The van der Waals surface area contributed by atoms with Crippen molar-refractivity contribution < 1.29 is 33.4 Å². The first-order valence-corrected chi connectivity index (χ1v) is 14.6. The van der Waals surface area contributed by atoms with Crippen LogP contribution in [-0.2, 0) is 41.6 Å². The molecule has 1 heterocycles. The summed E-state index contributed by atoms with van der Waals surface area (Å²) in [4.78, 5) is 75.1. The van der Waals surface area contributed by atoms with Gasteiger partial charge in [0.05, 0.1) is 12.6 Å². The molecule has 0 spiro atoms. The number of nitrogens with zero attached hydrogens (tertiary/aromatic N) is 1. The van der Waals surface area contributed by atoms with Crippen molar-refractivity contribution >= 4 is 29.4 Å². The SMILES string of the molecule is CCC(=O)C(CCC[C@H](NC(=O)OC(C)(C)C)C(=O)Cc1cccn(CC(=O)CCC(CC)CC)c1=O)OC(C)=O. The molecule has 1 rings (SSSR count). The molecule has 10 nitrogen and oxygen atoms in total. The van der Waals surface area contributed by atoms with Gasteiger partial charge >= 0.3 is 12.1 Å². The normalized spacial score (nSPS) is 12.9. The lowest BCUT2D eigenvalue weighted by Crippen LogP contribution is -2.44. The Bertz CT molecular complexity index is 1100. The van der Waals surface area contributed by atoms with E-state index in [4.69, 9.17) is 9.47 Å². The first-order valence-electron chi connectivity index (χ1n) is 14.6. The summed E-state index contributed by atoms with van der Waals surface area (Å²) in [6.45, 7) is 12.1. The molecular formula is C31H48N2O8. The molecule has 0 saturated carbocycles. The molecule has 1 aromatic heterocycles. The zero-order chi connectivity index (χ0) is 31.2. The number of nitrogens with one attached hydrogen (secondary N) is 1. The van der Waals surface area contributed by atoms with Gasteiger partial charge in [0.15, 0.2) is 23.5 Å². The van der Waals surface area contributed by atoms with Crippen LogP contribution in [0.1, 0.15) is 105 Å². The number of Topliss-reactive ketones (excluding diaryl/α,β-unsaturated/α-hetero) is 3. The third kappa shape index (κ3) is 13.7. The number of ketones is 3. The Morgan fingerprint density at radius 3 is 2.20 bits per heavy atom. The number of carbonyl (C=O) groups excluding carboxylic acids is 5. The number of hydrogen-bond acceptors (Lipinski definition) is 8. The van der Waals surface area contributed by atoms with Crippen LogP contribution in [0.25, 0.3) is 0 Å². The van der Waals surface area contributed by atoms with E-state index < -0.39 is 41.2 Å². The van der Waals surface area contributed by atoms with Crippen LogP contribution < -0.4 is 10.9 Å². The lowest BCUT2D eigenvalue weighted by Gasteiger charge is -2.23. The summed E-state index contributed by atoms with van der Waals surface area (Å²) in [6.07, 6.45) is 3.52. The average molecular weight is 577 g/mol. The van der Waals surface area contributed by atoms with Crippen LogP contribution in [0.5, 0.6) is 0 Å². The monoisotopic (exact) mass is 576 g/mol. The highest BCUT2D eigenvalue weighted by Gasteiger charge is 2.27. The van der Waals surface area contributed by atoms with Gasteiger partial charge in [-0.05, 0) is 58.4 Å². The predicted octanol–water partition coefficient (Wildman–Crippen LogP) is 4.72. The van der Waals surface area contributed by atoms with Crippen molar-refractivity contribution in [1.82, 2.24) is 9.88 Å². The molecule has 230 valence electrons. The Morgan fingerprint density at radius 2 is 1.63 bits per heavy atom. The number of esters is 1. The Morgan fingerprint density at radius 1 is 0.976 bits per heavy atom. The number of rotatable bonds is 18. The molecule has 0 aliphatic carbocycles. The van der Waals surface area contributed by atoms with E-state index in [1.807, 2.05) is 0 Å². The Hall–Kier alpha value is -3.30. The third-order valence-corrected chi connectivity index (χ3v) is 6.85. The van der Waals surface area contributed by atoms with Gasteiger partial charge in [0.1, 0.15) is 5.60 Å². The van der Waals surface area contributed by atoms with Gasteiger partial charge in [0, 0.05) is 37.9 Å². The number of aromatic nitrogens is 1. The van der Waals surface area contributed by atoms with Gasteiger partial charge in [-0.3, -0.25) is 24.0 Å². The first kappa shape index (κ1) is 35.7. The summed E-state index contributed by atoms with van der Waals surface area (Å²) in [7, 11) is 0. The fraction of sp³-hybridized carbons (Fsp3) is 0.677. The summed E-state index contributed by atoms with van der Waals surface area (Å²) in [5.41, 5.74) is -1.02. The zero-order valence-corrected chi connectivity index (χ0v) is 25.7. The second-order valence-electron chi connectivity index (χ2n) is 11.4. The van der Waals surface area contributed by atoms with Gasteiger partial charge in [-0.1, -0.05) is 39.7 Å². The van der Waals surface area contributed by atoms with Crippen molar-refractivity contribution in [1.29, 1.82) is 0 Å². The predicted molar refractivity (Wildman–Crippen MR) is 156 cm³/mol. The maximum atomic E-state index is 13.3. The van der Waals surface area contributed by atoms with E-state index in [1.165, 1.54) is 23.8 Å². The van der Waals surface area contributed by atoms with E-state index in [1.54, 1.807) is 33.8 Å². The van der Waals surface area contributed by atoms with Crippen molar-refractivity contribution in [2.24, 2.45) is 5.92 Å². The molecule has 0 bridgehead atoms. The standard InChI is InChI=1S/C31H48N2O8/c1-8-22(9-2)16-17-24(35)20-33-18-12-13-23(29(33)38)19-27(37)25(32-30(39)41-31(5,6)7)14-11-15-28(26(36)10-3)40-21(4)34/h12-13,18,22,25,28H,8-11,14-17,19-20H2,1-7H3,(H,32,39)/t25-,28?/m0/s1. The minimum atomic E-state index is -1.01. The molecule has 1 N–H and O–H groups in total. The quantitative estimate of drug-likeness (QED) is 0.248. The summed E-state index contributed by atoms with van der Waals surface area (Å²) in [5, 5.41) is 2.59. The molecule has 1 aromatic rings. The van der Waals surface area contributed by atoms with Gasteiger partial charge in [-0.2, -0.15) is 0 Å². The van der Waals surface area contributed by atoms with Crippen molar-refractivity contribution in [2.75, 3.05) is 0 Å². The molecule has 0 aromatic carbocycles. The molecule has 0 fully saturated rings. The van der Waals surface area contributed by atoms with Crippen molar-refractivity contribution in [3.05, 3.63) is 34.2 Å². The Labute approximate surface area is 243 Å². The highest BCUT2D eigenvalue weighted by molar-refractivity contribution is 5.89. The molecule has 41 heavy (non-hydrogen) atoms. The summed E-state index contributed by atoms with van der Waals surface area (Å²) in [5.74, 6) is -0.806. The second-order valence-corrected chi connectivity index (χ2v) is 11.4. The third-order valence-electron chi connectivity index (χ3n) is 6.85. The molecule has 0 aliphatic rings.